The van der Waals surface area contributed by atoms with Crippen LogP contribution in [-0.4, -0.2) is 17.8 Å². The first-order valence-electron chi connectivity index (χ1n) is 5.43. The van der Waals surface area contributed by atoms with E-state index in [2.05, 4.69) is 5.32 Å². The Morgan fingerprint density at radius 3 is 2.12 bits per heavy atom. The lowest BCUT2D eigenvalue weighted by Gasteiger charge is -2.20. The lowest BCUT2D eigenvalue weighted by molar-refractivity contribution is 0.210. The highest BCUT2D eigenvalue weighted by atomic mass is 19.2. The SMILES string of the molecule is CC(C)C(CO)NCc1cc(F)c(F)c(F)c1. The van der Waals surface area contributed by atoms with Gasteiger partial charge in [0, 0.05) is 12.6 Å². The van der Waals surface area contributed by atoms with Gasteiger partial charge in [-0.3, -0.25) is 0 Å². The number of benzene rings is 1. The maximum atomic E-state index is 12.9. The number of nitrogens with one attached hydrogen (secondary N) is 1. The predicted molar refractivity (Wildman–Crippen MR) is 58.9 cm³/mol. The fraction of sp³-hybridized carbons (Fsp3) is 0.500. The van der Waals surface area contributed by atoms with Gasteiger partial charge in [-0.25, -0.2) is 13.2 Å². The molecule has 0 radical (unpaired) electrons. The molecule has 0 aromatic heterocycles. The van der Waals surface area contributed by atoms with Crippen molar-refractivity contribution in [2.24, 2.45) is 5.92 Å². The molecule has 0 bridgehead atoms. The minimum atomic E-state index is -1.46. The molecule has 1 aromatic rings. The Labute approximate surface area is 98.5 Å². The van der Waals surface area contributed by atoms with Crippen LogP contribution in [0.15, 0.2) is 12.1 Å². The Hall–Kier alpha value is -1.07. The van der Waals surface area contributed by atoms with Gasteiger partial charge in [0.25, 0.3) is 0 Å². The van der Waals surface area contributed by atoms with E-state index >= 15 is 0 Å². The third-order valence-electron chi connectivity index (χ3n) is 2.61. The summed E-state index contributed by atoms with van der Waals surface area (Å²) in [5, 5.41) is 12.0. The second kappa shape index (κ2) is 6.02. The van der Waals surface area contributed by atoms with Crippen LogP contribution in [-0.2, 0) is 6.54 Å². The molecule has 0 aliphatic heterocycles. The number of halogens is 3. The van der Waals surface area contributed by atoms with E-state index in [0.29, 0.717) is 5.56 Å². The third-order valence-corrected chi connectivity index (χ3v) is 2.61. The number of hydrogen-bond donors (Lipinski definition) is 2. The predicted octanol–water partition coefficient (Wildman–Crippen LogP) is 2.21. The van der Waals surface area contributed by atoms with Gasteiger partial charge < -0.3 is 10.4 Å². The van der Waals surface area contributed by atoms with Crippen LogP contribution in [0.3, 0.4) is 0 Å². The molecule has 0 saturated carbocycles. The summed E-state index contributed by atoms with van der Waals surface area (Å²) in [5.74, 6) is -3.68. The van der Waals surface area contributed by atoms with Crippen molar-refractivity contribution in [1.29, 1.82) is 0 Å². The molecular weight excluding hydrogens is 231 g/mol. The first kappa shape index (κ1) is 14.0. The Morgan fingerprint density at radius 2 is 1.71 bits per heavy atom. The summed E-state index contributed by atoms with van der Waals surface area (Å²) < 4.78 is 38.5. The number of hydrogen-bond acceptors (Lipinski definition) is 2. The summed E-state index contributed by atoms with van der Waals surface area (Å²) in [7, 11) is 0. The maximum absolute atomic E-state index is 12.9. The fourth-order valence-corrected chi connectivity index (χ4v) is 1.47. The quantitative estimate of drug-likeness (QED) is 0.782. The van der Waals surface area contributed by atoms with Crippen LogP contribution >= 0.6 is 0 Å². The lowest BCUT2D eigenvalue weighted by atomic mass is 10.1. The Bertz CT molecular complexity index is 359. The normalized spacial score (nSPS) is 13.1. The van der Waals surface area contributed by atoms with Crippen LogP contribution in [0.2, 0.25) is 0 Å². The van der Waals surface area contributed by atoms with E-state index < -0.39 is 17.5 Å². The Balaban J connectivity index is 2.69. The fourth-order valence-electron chi connectivity index (χ4n) is 1.47. The van der Waals surface area contributed by atoms with Gasteiger partial charge in [0.1, 0.15) is 0 Å². The van der Waals surface area contributed by atoms with E-state index in [4.69, 9.17) is 5.11 Å². The minimum Gasteiger partial charge on any atom is -0.395 e. The van der Waals surface area contributed by atoms with Crippen molar-refractivity contribution in [2.45, 2.75) is 26.4 Å². The van der Waals surface area contributed by atoms with Gasteiger partial charge in [0.2, 0.25) is 0 Å². The molecule has 5 heteroatoms. The molecule has 2 N–H and O–H groups in total. The van der Waals surface area contributed by atoms with E-state index in [1.165, 1.54) is 0 Å². The first-order valence-corrected chi connectivity index (χ1v) is 5.43. The number of aliphatic hydroxyl groups excluding tert-OH is 1. The van der Waals surface area contributed by atoms with Gasteiger partial charge in [-0.05, 0) is 23.6 Å². The van der Waals surface area contributed by atoms with E-state index in [1.807, 2.05) is 13.8 Å². The molecule has 1 atom stereocenters. The highest BCUT2D eigenvalue weighted by molar-refractivity contribution is 5.19. The molecule has 0 aliphatic rings. The summed E-state index contributed by atoms with van der Waals surface area (Å²) in [4.78, 5) is 0. The van der Waals surface area contributed by atoms with Crippen molar-refractivity contribution < 1.29 is 18.3 Å². The number of aliphatic hydroxyl groups is 1. The van der Waals surface area contributed by atoms with E-state index in [9.17, 15) is 13.2 Å². The van der Waals surface area contributed by atoms with Gasteiger partial charge in [0.05, 0.1) is 6.61 Å². The second-order valence-corrected chi connectivity index (χ2v) is 4.29. The average molecular weight is 247 g/mol. The van der Waals surface area contributed by atoms with Gasteiger partial charge in [-0.2, -0.15) is 0 Å². The summed E-state index contributed by atoms with van der Waals surface area (Å²) in [6, 6.07) is 1.73. The van der Waals surface area contributed by atoms with Gasteiger partial charge in [-0.15, -0.1) is 0 Å². The zero-order valence-electron chi connectivity index (χ0n) is 9.80. The van der Waals surface area contributed by atoms with Crippen molar-refractivity contribution in [1.82, 2.24) is 5.32 Å². The van der Waals surface area contributed by atoms with Crippen molar-refractivity contribution in [2.75, 3.05) is 6.61 Å². The topological polar surface area (TPSA) is 32.3 Å². The van der Waals surface area contributed by atoms with Crippen molar-refractivity contribution in [3.8, 4) is 0 Å². The lowest BCUT2D eigenvalue weighted by Crippen LogP contribution is -2.36. The van der Waals surface area contributed by atoms with E-state index in [1.54, 1.807) is 0 Å². The molecule has 17 heavy (non-hydrogen) atoms. The largest absolute Gasteiger partial charge is 0.395 e. The van der Waals surface area contributed by atoms with Crippen LogP contribution in [0.4, 0.5) is 13.2 Å². The summed E-state index contributed by atoms with van der Waals surface area (Å²) >= 11 is 0. The zero-order valence-corrected chi connectivity index (χ0v) is 9.80. The van der Waals surface area contributed by atoms with Crippen LogP contribution in [0.5, 0.6) is 0 Å². The smallest absolute Gasteiger partial charge is 0.194 e. The second-order valence-electron chi connectivity index (χ2n) is 4.29. The summed E-state index contributed by atoms with van der Waals surface area (Å²) in [6.07, 6.45) is 0. The van der Waals surface area contributed by atoms with Crippen LogP contribution in [0, 0.1) is 23.4 Å². The molecule has 1 rings (SSSR count). The molecule has 0 amide bonds. The minimum absolute atomic E-state index is 0.0656. The van der Waals surface area contributed by atoms with Crippen LogP contribution in [0.1, 0.15) is 19.4 Å². The summed E-state index contributed by atoms with van der Waals surface area (Å²) in [6.45, 7) is 3.95. The Kier molecular flexibility index (Phi) is 4.96. The molecule has 2 nitrogen and oxygen atoms in total. The highest BCUT2D eigenvalue weighted by Crippen LogP contribution is 2.14. The standard InChI is InChI=1S/C12H16F3NO/c1-7(2)11(6-17)16-5-8-3-9(13)12(15)10(14)4-8/h3-4,7,11,16-17H,5-6H2,1-2H3. The Morgan fingerprint density at radius 1 is 1.18 bits per heavy atom. The van der Waals surface area contributed by atoms with Gasteiger partial charge in [0.15, 0.2) is 17.5 Å². The summed E-state index contributed by atoms with van der Waals surface area (Å²) in [5.41, 5.74) is 0.306. The van der Waals surface area contributed by atoms with Gasteiger partial charge in [-0.1, -0.05) is 13.8 Å². The van der Waals surface area contributed by atoms with Crippen LogP contribution < -0.4 is 5.32 Å². The molecular formula is C12H16F3NO. The molecule has 0 saturated heterocycles. The molecule has 0 fully saturated rings. The first-order chi connectivity index (χ1) is 7.95. The molecule has 1 aromatic carbocycles. The van der Waals surface area contributed by atoms with E-state index in [0.717, 1.165) is 12.1 Å². The monoisotopic (exact) mass is 247 g/mol. The maximum Gasteiger partial charge on any atom is 0.194 e. The average Bonchev–Trinajstić information content (AvgIpc) is 2.26. The highest BCUT2D eigenvalue weighted by Gasteiger charge is 2.13. The van der Waals surface area contributed by atoms with Crippen LogP contribution in [0.25, 0.3) is 0 Å². The molecule has 0 aliphatic carbocycles. The molecule has 96 valence electrons. The molecule has 1 unspecified atom stereocenters. The third kappa shape index (κ3) is 3.71. The van der Waals surface area contributed by atoms with Crippen molar-refractivity contribution in [3.63, 3.8) is 0 Å². The molecule has 0 spiro atoms. The van der Waals surface area contributed by atoms with Crippen molar-refractivity contribution >= 4 is 0 Å². The van der Waals surface area contributed by atoms with Gasteiger partial charge >= 0.3 is 0 Å². The molecule has 0 heterocycles. The van der Waals surface area contributed by atoms with E-state index in [-0.39, 0.29) is 25.1 Å². The van der Waals surface area contributed by atoms with Crippen molar-refractivity contribution in [3.05, 3.63) is 35.1 Å². The zero-order chi connectivity index (χ0) is 13.0. The number of rotatable bonds is 5.